The third kappa shape index (κ3) is 4.14. The van der Waals surface area contributed by atoms with Gasteiger partial charge in [-0.15, -0.1) is 0 Å². The summed E-state index contributed by atoms with van der Waals surface area (Å²) in [6.45, 7) is 3.54. The van der Waals surface area contributed by atoms with E-state index in [0.717, 1.165) is 38.1 Å². The fraction of sp³-hybridized carbons (Fsp3) is 0.556. The summed E-state index contributed by atoms with van der Waals surface area (Å²) in [6.07, 6.45) is -1.91. The first-order valence-corrected chi connectivity index (χ1v) is 8.52. The number of carbonyl (C=O) groups excluding carboxylic acids is 2. The predicted octanol–water partition coefficient (Wildman–Crippen LogP) is 3.54. The monoisotopic (exact) mass is 354 g/mol. The fourth-order valence-corrected chi connectivity index (χ4v) is 3.39. The Balaban J connectivity index is 1.58. The van der Waals surface area contributed by atoms with Gasteiger partial charge in [0.15, 0.2) is 0 Å². The number of hydrogen-bond acceptors (Lipinski definition) is 2. The molecule has 1 saturated heterocycles. The molecule has 3 atom stereocenters. The zero-order chi connectivity index (χ0) is 18.2. The average molecular weight is 354 g/mol. The molecule has 7 heteroatoms. The van der Waals surface area contributed by atoms with Crippen LogP contribution in [-0.2, 0) is 15.8 Å². The normalized spacial score (nSPS) is 26.2. The number of benzene rings is 1. The Kier molecular flexibility index (Phi) is 4.75. The summed E-state index contributed by atoms with van der Waals surface area (Å²) >= 11 is 0. The molecular weight excluding hydrogens is 333 g/mol. The minimum absolute atomic E-state index is 0.00394. The molecule has 1 aromatic carbocycles. The number of likely N-dealkylation sites (tertiary alicyclic amines) is 1. The summed E-state index contributed by atoms with van der Waals surface area (Å²) in [5.74, 6) is -0.706. The molecule has 1 heterocycles. The largest absolute Gasteiger partial charge is 0.416 e. The minimum Gasteiger partial charge on any atom is -0.342 e. The lowest BCUT2D eigenvalue weighted by molar-refractivity contribution is -0.137. The van der Waals surface area contributed by atoms with Gasteiger partial charge in [-0.05, 0) is 43.4 Å². The molecule has 1 aromatic rings. The van der Waals surface area contributed by atoms with E-state index < -0.39 is 17.7 Å². The van der Waals surface area contributed by atoms with Crippen LogP contribution < -0.4 is 5.32 Å². The van der Waals surface area contributed by atoms with Crippen molar-refractivity contribution in [3.63, 3.8) is 0 Å². The van der Waals surface area contributed by atoms with E-state index in [0.29, 0.717) is 12.3 Å². The number of nitrogens with one attached hydrogen (secondary N) is 1. The molecule has 3 rings (SSSR count). The third-order valence-electron chi connectivity index (χ3n) is 4.87. The van der Waals surface area contributed by atoms with Gasteiger partial charge in [0.25, 0.3) is 0 Å². The van der Waals surface area contributed by atoms with E-state index >= 15 is 0 Å². The number of amides is 2. The Labute approximate surface area is 144 Å². The zero-order valence-corrected chi connectivity index (χ0v) is 14.0. The number of carbonyl (C=O) groups is 2. The standard InChI is InChI=1S/C18H21F3N2O2/c1-11-4-3-7-23(10-11)17(25)15-9-14(15)16(24)22-13-6-2-5-12(8-13)18(19,20)21/h2,5-6,8,11,14-15H,3-4,7,9-10H2,1H3,(H,22,24). The van der Waals surface area contributed by atoms with Crippen LogP contribution in [0.25, 0.3) is 0 Å². The van der Waals surface area contributed by atoms with Crippen molar-refractivity contribution in [2.75, 3.05) is 18.4 Å². The first kappa shape index (κ1) is 17.8. The van der Waals surface area contributed by atoms with E-state index in [1.165, 1.54) is 12.1 Å². The molecular formula is C18H21F3N2O2. The van der Waals surface area contributed by atoms with Crippen LogP contribution in [0.15, 0.2) is 24.3 Å². The van der Waals surface area contributed by atoms with Crippen molar-refractivity contribution in [1.29, 1.82) is 0 Å². The Morgan fingerprint density at radius 1 is 1.24 bits per heavy atom. The molecule has 1 N–H and O–H groups in total. The number of piperidine rings is 1. The molecule has 0 spiro atoms. The lowest BCUT2D eigenvalue weighted by atomic mass is 10.00. The highest BCUT2D eigenvalue weighted by Crippen LogP contribution is 2.41. The second-order valence-corrected chi connectivity index (χ2v) is 7.05. The van der Waals surface area contributed by atoms with Gasteiger partial charge in [0.05, 0.1) is 17.4 Å². The SMILES string of the molecule is CC1CCCN(C(=O)C2CC2C(=O)Nc2cccc(C(F)(F)F)c2)C1. The highest BCUT2D eigenvalue weighted by atomic mass is 19.4. The van der Waals surface area contributed by atoms with Crippen molar-refractivity contribution >= 4 is 17.5 Å². The fourth-order valence-electron chi connectivity index (χ4n) is 3.39. The van der Waals surface area contributed by atoms with Crippen LogP contribution in [-0.4, -0.2) is 29.8 Å². The van der Waals surface area contributed by atoms with E-state index in [1.807, 2.05) is 4.90 Å². The van der Waals surface area contributed by atoms with Crippen molar-refractivity contribution in [2.24, 2.45) is 17.8 Å². The van der Waals surface area contributed by atoms with Gasteiger partial charge in [-0.2, -0.15) is 13.2 Å². The number of anilines is 1. The second-order valence-electron chi connectivity index (χ2n) is 7.05. The second kappa shape index (κ2) is 6.69. The molecule has 25 heavy (non-hydrogen) atoms. The van der Waals surface area contributed by atoms with Gasteiger partial charge in [0, 0.05) is 18.8 Å². The Bertz CT molecular complexity index is 675. The molecule has 0 radical (unpaired) electrons. The first-order chi connectivity index (χ1) is 11.8. The van der Waals surface area contributed by atoms with Crippen molar-refractivity contribution in [1.82, 2.24) is 4.90 Å². The van der Waals surface area contributed by atoms with Crippen molar-refractivity contribution < 1.29 is 22.8 Å². The zero-order valence-electron chi connectivity index (χ0n) is 14.0. The lowest BCUT2D eigenvalue weighted by Crippen LogP contribution is -2.40. The molecule has 2 fully saturated rings. The Morgan fingerprint density at radius 2 is 2.00 bits per heavy atom. The molecule has 0 aromatic heterocycles. The molecule has 0 bridgehead atoms. The summed E-state index contributed by atoms with van der Waals surface area (Å²) in [5.41, 5.74) is -0.708. The average Bonchev–Trinajstić information content (AvgIpc) is 3.34. The lowest BCUT2D eigenvalue weighted by Gasteiger charge is -2.31. The van der Waals surface area contributed by atoms with E-state index in [-0.39, 0.29) is 23.4 Å². The number of nitrogens with zero attached hydrogens (tertiary/aromatic N) is 1. The van der Waals surface area contributed by atoms with Crippen molar-refractivity contribution in [3.05, 3.63) is 29.8 Å². The molecule has 2 aliphatic rings. The molecule has 3 unspecified atom stereocenters. The Morgan fingerprint density at radius 3 is 2.68 bits per heavy atom. The highest BCUT2D eigenvalue weighted by molar-refractivity contribution is 5.99. The number of hydrogen-bond donors (Lipinski definition) is 1. The maximum Gasteiger partial charge on any atom is 0.416 e. The molecule has 136 valence electrons. The third-order valence-corrected chi connectivity index (χ3v) is 4.87. The summed E-state index contributed by atoms with van der Waals surface area (Å²) in [6, 6.07) is 4.53. The van der Waals surface area contributed by atoms with E-state index in [4.69, 9.17) is 0 Å². The number of alkyl halides is 3. The Hall–Kier alpha value is -2.05. The van der Waals surface area contributed by atoms with Crippen molar-refractivity contribution in [3.8, 4) is 0 Å². The summed E-state index contributed by atoms with van der Waals surface area (Å²) < 4.78 is 38.2. The molecule has 1 aliphatic heterocycles. The molecule has 1 aliphatic carbocycles. The van der Waals surface area contributed by atoms with Gasteiger partial charge in [0.1, 0.15) is 0 Å². The first-order valence-electron chi connectivity index (χ1n) is 8.52. The maximum absolute atomic E-state index is 12.7. The van der Waals surface area contributed by atoms with Gasteiger partial charge < -0.3 is 10.2 Å². The number of rotatable bonds is 3. The smallest absolute Gasteiger partial charge is 0.342 e. The van der Waals surface area contributed by atoms with E-state index in [1.54, 1.807) is 0 Å². The van der Waals surface area contributed by atoms with Crippen LogP contribution in [0.4, 0.5) is 18.9 Å². The van der Waals surface area contributed by atoms with Gasteiger partial charge in [-0.3, -0.25) is 9.59 Å². The van der Waals surface area contributed by atoms with Crippen LogP contribution >= 0.6 is 0 Å². The van der Waals surface area contributed by atoms with E-state index in [9.17, 15) is 22.8 Å². The minimum atomic E-state index is -4.45. The molecule has 4 nitrogen and oxygen atoms in total. The van der Waals surface area contributed by atoms with Crippen molar-refractivity contribution in [2.45, 2.75) is 32.4 Å². The summed E-state index contributed by atoms with van der Waals surface area (Å²) in [5, 5.41) is 2.50. The summed E-state index contributed by atoms with van der Waals surface area (Å²) in [7, 11) is 0. The van der Waals surface area contributed by atoms with Crippen LogP contribution in [0.5, 0.6) is 0 Å². The molecule has 1 saturated carbocycles. The quantitative estimate of drug-likeness (QED) is 0.903. The maximum atomic E-state index is 12.7. The topological polar surface area (TPSA) is 49.4 Å². The van der Waals surface area contributed by atoms with Crippen LogP contribution in [0.2, 0.25) is 0 Å². The summed E-state index contributed by atoms with van der Waals surface area (Å²) in [4.78, 5) is 26.5. The van der Waals surface area contributed by atoms with Gasteiger partial charge in [-0.25, -0.2) is 0 Å². The van der Waals surface area contributed by atoms with Crippen LogP contribution in [0.1, 0.15) is 31.7 Å². The predicted molar refractivity (Wildman–Crippen MR) is 86.6 cm³/mol. The highest BCUT2D eigenvalue weighted by Gasteiger charge is 2.49. The van der Waals surface area contributed by atoms with Gasteiger partial charge in [-0.1, -0.05) is 13.0 Å². The van der Waals surface area contributed by atoms with Gasteiger partial charge in [0.2, 0.25) is 11.8 Å². The molecule has 2 amide bonds. The van der Waals surface area contributed by atoms with Crippen LogP contribution in [0.3, 0.4) is 0 Å². The van der Waals surface area contributed by atoms with Crippen LogP contribution in [0, 0.1) is 17.8 Å². The van der Waals surface area contributed by atoms with E-state index in [2.05, 4.69) is 12.2 Å². The van der Waals surface area contributed by atoms with Gasteiger partial charge >= 0.3 is 6.18 Å². The number of halogens is 3.